The largest absolute Gasteiger partial charge is 0.294 e. The zero-order chi connectivity index (χ0) is 11.3. The van der Waals surface area contributed by atoms with E-state index in [0.29, 0.717) is 11.4 Å². The van der Waals surface area contributed by atoms with Crippen LogP contribution in [0.5, 0.6) is 0 Å². The summed E-state index contributed by atoms with van der Waals surface area (Å²) >= 11 is 5.85. The molecule has 1 nitrogen and oxygen atoms in total. The monoisotopic (exact) mass is 222 g/mol. The Bertz CT molecular complexity index is 380. The van der Waals surface area contributed by atoms with Crippen LogP contribution in [0, 0.1) is 0 Å². The van der Waals surface area contributed by atoms with Gasteiger partial charge in [-0.05, 0) is 36.6 Å². The average Bonchev–Trinajstić information content (AvgIpc) is 2.19. The summed E-state index contributed by atoms with van der Waals surface area (Å²) in [5.74, 6) is 0.183. The molecule has 0 N–H and O–H groups in total. The number of halogens is 1. The summed E-state index contributed by atoms with van der Waals surface area (Å²) in [6.07, 6.45) is 3.11. The molecule has 0 saturated carbocycles. The lowest BCUT2D eigenvalue weighted by molar-refractivity contribution is -0.115. The molecule has 0 aliphatic heterocycles. The highest BCUT2D eigenvalue weighted by Gasteiger charge is 2.07. The molecule has 2 heteroatoms. The van der Waals surface area contributed by atoms with Crippen LogP contribution in [0.1, 0.15) is 25.8 Å². The van der Waals surface area contributed by atoms with Crippen LogP contribution in [0.4, 0.5) is 0 Å². The number of carbonyl (C=O) groups is 1. The molecule has 1 aromatic carbocycles. The minimum Gasteiger partial charge on any atom is -0.294 e. The predicted octanol–water partition coefficient (Wildman–Crippen LogP) is 3.81. The highest BCUT2D eigenvalue weighted by molar-refractivity contribution is 6.30. The molecule has 0 aliphatic rings. The van der Waals surface area contributed by atoms with Crippen molar-refractivity contribution in [2.75, 3.05) is 0 Å². The van der Waals surface area contributed by atoms with Gasteiger partial charge in [-0.2, -0.15) is 0 Å². The average molecular weight is 223 g/mol. The first-order chi connectivity index (χ1) is 7.17. The number of carbonyl (C=O) groups excluding carboxylic acids is 1. The molecule has 0 heterocycles. The van der Waals surface area contributed by atoms with E-state index < -0.39 is 0 Å². The molecule has 0 saturated heterocycles. The number of ketones is 1. The van der Waals surface area contributed by atoms with Crippen molar-refractivity contribution >= 4 is 17.4 Å². The first-order valence-corrected chi connectivity index (χ1v) is 5.48. The Hall–Kier alpha value is -1.08. The van der Waals surface area contributed by atoms with Gasteiger partial charge in [0.25, 0.3) is 0 Å². The Morgan fingerprint density at radius 3 is 2.73 bits per heavy atom. The van der Waals surface area contributed by atoms with Crippen LogP contribution < -0.4 is 0 Å². The van der Waals surface area contributed by atoms with Gasteiger partial charge in [-0.25, -0.2) is 0 Å². The van der Waals surface area contributed by atoms with E-state index in [0.717, 1.165) is 17.6 Å². The maximum atomic E-state index is 11.8. The SMILES string of the molecule is C/C=C(/CC)C(=O)Cc1cccc(Cl)c1. The smallest absolute Gasteiger partial charge is 0.162 e. The summed E-state index contributed by atoms with van der Waals surface area (Å²) in [6.45, 7) is 3.89. The van der Waals surface area contributed by atoms with Gasteiger partial charge in [-0.1, -0.05) is 36.7 Å². The minimum absolute atomic E-state index is 0.183. The van der Waals surface area contributed by atoms with Crippen LogP contribution in [-0.4, -0.2) is 5.78 Å². The van der Waals surface area contributed by atoms with Crippen LogP contribution in [-0.2, 0) is 11.2 Å². The minimum atomic E-state index is 0.183. The molecule has 0 fully saturated rings. The van der Waals surface area contributed by atoms with Crippen molar-refractivity contribution in [2.45, 2.75) is 26.7 Å². The Morgan fingerprint density at radius 1 is 1.47 bits per heavy atom. The van der Waals surface area contributed by atoms with E-state index in [1.807, 2.05) is 44.2 Å². The molecular weight excluding hydrogens is 208 g/mol. The standard InChI is InChI=1S/C13H15ClO/c1-3-11(4-2)13(15)9-10-6-5-7-12(14)8-10/h3,5-8H,4,9H2,1-2H3/b11-3-. The predicted molar refractivity (Wildman–Crippen MR) is 64.2 cm³/mol. The number of Topliss-reactive ketones (excluding diaryl/α,β-unsaturated/α-hetero) is 1. The second-order valence-corrected chi connectivity index (χ2v) is 3.83. The van der Waals surface area contributed by atoms with Crippen molar-refractivity contribution in [3.05, 3.63) is 46.5 Å². The number of rotatable bonds is 4. The number of benzene rings is 1. The van der Waals surface area contributed by atoms with Gasteiger partial charge < -0.3 is 0 Å². The van der Waals surface area contributed by atoms with Crippen LogP contribution in [0.2, 0.25) is 5.02 Å². The van der Waals surface area contributed by atoms with Crippen molar-refractivity contribution in [1.82, 2.24) is 0 Å². The van der Waals surface area contributed by atoms with Crippen LogP contribution >= 0.6 is 11.6 Å². The normalized spacial score (nSPS) is 11.5. The quantitative estimate of drug-likeness (QED) is 0.708. The zero-order valence-corrected chi connectivity index (χ0v) is 9.84. The molecule has 0 amide bonds. The van der Waals surface area contributed by atoms with E-state index in [2.05, 4.69) is 0 Å². The fraction of sp³-hybridized carbons (Fsp3) is 0.308. The topological polar surface area (TPSA) is 17.1 Å². The summed E-state index contributed by atoms with van der Waals surface area (Å²) in [7, 11) is 0. The first kappa shape index (κ1) is 12.0. The van der Waals surface area contributed by atoms with Gasteiger partial charge in [0.1, 0.15) is 0 Å². The van der Waals surface area contributed by atoms with Gasteiger partial charge in [-0.3, -0.25) is 4.79 Å². The molecular formula is C13H15ClO. The fourth-order valence-corrected chi connectivity index (χ4v) is 1.72. The van der Waals surface area contributed by atoms with Gasteiger partial charge in [0.2, 0.25) is 0 Å². The summed E-state index contributed by atoms with van der Waals surface area (Å²) < 4.78 is 0. The van der Waals surface area contributed by atoms with E-state index in [1.54, 1.807) is 0 Å². The Labute approximate surface area is 95.8 Å². The zero-order valence-electron chi connectivity index (χ0n) is 9.09. The van der Waals surface area contributed by atoms with E-state index in [9.17, 15) is 4.79 Å². The molecule has 0 aliphatic carbocycles. The summed E-state index contributed by atoms with van der Waals surface area (Å²) in [5.41, 5.74) is 1.86. The van der Waals surface area contributed by atoms with Crippen molar-refractivity contribution in [2.24, 2.45) is 0 Å². The lowest BCUT2D eigenvalue weighted by Crippen LogP contribution is -2.05. The van der Waals surface area contributed by atoms with Crippen molar-refractivity contribution in [3.63, 3.8) is 0 Å². The van der Waals surface area contributed by atoms with Gasteiger partial charge in [0.05, 0.1) is 0 Å². The third-order valence-electron chi connectivity index (χ3n) is 2.34. The van der Waals surface area contributed by atoms with E-state index in [-0.39, 0.29) is 5.78 Å². The maximum Gasteiger partial charge on any atom is 0.162 e. The maximum absolute atomic E-state index is 11.8. The molecule has 0 radical (unpaired) electrons. The van der Waals surface area contributed by atoms with Gasteiger partial charge >= 0.3 is 0 Å². The molecule has 0 bridgehead atoms. The van der Waals surface area contributed by atoms with Gasteiger partial charge in [0, 0.05) is 11.4 Å². The van der Waals surface area contributed by atoms with Crippen molar-refractivity contribution in [1.29, 1.82) is 0 Å². The van der Waals surface area contributed by atoms with Crippen molar-refractivity contribution < 1.29 is 4.79 Å². The molecule has 0 atom stereocenters. The third-order valence-corrected chi connectivity index (χ3v) is 2.58. The van der Waals surface area contributed by atoms with Crippen LogP contribution in [0.3, 0.4) is 0 Å². The molecule has 1 rings (SSSR count). The molecule has 80 valence electrons. The Kier molecular flexibility index (Phi) is 4.57. The molecule has 15 heavy (non-hydrogen) atoms. The molecule has 1 aromatic rings. The Balaban J connectivity index is 2.74. The van der Waals surface area contributed by atoms with E-state index in [4.69, 9.17) is 11.6 Å². The van der Waals surface area contributed by atoms with Crippen LogP contribution in [0.25, 0.3) is 0 Å². The van der Waals surface area contributed by atoms with Crippen LogP contribution in [0.15, 0.2) is 35.9 Å². The number of hydrogen-bond acceptors (Lipinski definition) is 1. The summed E-state index contributed by atoms with van der Waals surface area (Å²) in [4.78, 5) is 11.8. The Morgan fingerprint density at radius 2 is 2.20 bits per heavy atom. The summed E-state index contributed by atoms with van der Waals surface area (Å²) in [5, 5.41) is 0.679. The highest BCUT2D eigenvalue weighted by Crippen LogP contribution is 2.13. The van der Waals surface area contributed by atoms with Crippen molar-refractivity contribution in [3.8, 4) is 0 Å². The lowest BCUT2D eigenvalue weighted by atomic mass is 10.0. The number of hydrogen-bond donors (Lipinski definition) is 0. The number of allylic oxidation sites excluding steroid dienone is 2. The molecule has 0 aromatic heterocycles. The van der Waals surface area contributed by atoms with E-state index >= 15 is 0 Å². The van der Waals surface area contributed by atoms with Gasteiger partial charge in [0.15, 0.2) is 5.78 Å². The van der Waals surface area contributed by atoms with Gasteiger partial charge in [-0.15, -0.1) is 0 Å². The summed E-state index contributed by atoms with van der Waals surface area (Å²) in [6, 6.07) is 7.44. The molecule has 0 unspecified atom stereocenters. The lowest BCUT2D eigenvalue weighted by Gasteiger charge is -2.03. The fourth-order valence-electron chi connectivity index (χ4n) is 1.51. The highest BCUT2D eigenvalue weighted by atomic mass is 35.5. The third kappa shape index (κ3) is 3.52. The second kappa shape index (κ2) is 5.72. The molecule has 0 spiro atoms. The second-order valence-electron chi connectivity index (χ2n) is 3.40. The van der Waals surface area contributed by atoms with E-state index in [1.165, 1.54) is 0 Å². The first-order valence-electron chi connectivity index (χ1n) is 5.10.